The van der Waals surface area contributed by atoms with Gasteiger partial charge in [-0.05, 0) is 24.1 Å². The number of hydrogen-bond acceptors (Lipinski definition) is 6. The Hall–Kier alpha value is -3.60. The Balaban J connectivity index is 1.85. The van der Waals surface area contributed by atoms with Crippen molar-refractivity contribution in [1.29, 1.82) is 5.26 Å². The summed E-state index contributed by atoms with van der Waals surface area (Å²) in [6, 6.07) is 7.19. The largest absolute Gasteiger partial charge is 0.383 e. The Bertz CT molecular complexity index is 1030. The van der Waals surface area contributed by atoms with Crippen molar-refractivity contribution in [3.05, 3.63) is 42.4 Å². The first-order valence-corrected chi connectivity index (χ1v) is 8.24. The molecule has 0 radical (unpaired) electrons. The molecular formula is C18H17N7O. The standard InChI is InChI=1S/C18H17N7O/c19-9-24-6-5-13(7-24)25-8-14(15-16(20)22-10-23-18(15)25)11-1-3-12(4-2-11)17(21)26/h1-4,8,10,13H,5-7H2,(H2,21,26)(H2,20,22,23). The molecule has 26 heavy (non-hydrogen) atoms. The van der Waals surface area contributed by atoms with Gasteiger partial charge in [0.1, 0.15) is 17.8 Å². The minimum atomic E-state index is -0.468. The van der Waals surface area contributed by atoms with Gasteiger partial charge in [0.05, 0.1) is 11.4 Å². The van der Waals surface area contributed by atoms with Gasteiger partial charge in [-0.25, -0.2) is 9.97 Å². The fourth-order valence-electron chi connectivity index (χ4n) is 3.48. The van der Waals surface area contributed by atoms with Gasteiger partial charge in [-0.1, -0.05) is 12.1 Å². The molecule has 8 nitrogen and oxygen atoms in total. The number of benzene rings is 1. The number of nitrogens with zero attached hydrogens (tertiary/aromatic N) is 5. The van der Waals surface area contributed by atoms with Gasteiger partial charge in [0.25, 0.3) is 0 Å². The third kappa shape index (κ3) is 2.50. The molecule has 130 valence electrons. The Labute approximate surface area is 149 Å². The molecule has 1 amide bonds. The number of rotatable bonds is 3. The van der Waals surface area contributed by atoms with Crippen molar-refractivity contribution in [1.82, 2.24) is 19.4 Å². The van der Waals surface area contributed by atoms with E-state index in [1.54, 1.807) is 17.0 Å². The molecule has 0 aliphatic carbocycles. The lowest BCUT2D eigenvalue weighted by Gasteiger charge is -2.12. The highest BCUT2D eigenvalue weighted by Crippen LogP contribution is 2.36. The van der Waals surface area contributed by atoms with Crippen LogP contribution in [0.15, 0.2) is 36.8 Å². The maximum atomic E-state index is 11.3. The third-order valence-electron chi connectivity index (χ3n) is 4.82. The van der Waals surface area contributed by atoms with Gasteiger partial charge in [-0.2, -0.15) is 5.26 Å². The molecule has 1 aromatic carbocycles. The topological polar surface area (TPSA) is 127 Å². The molecule has 1 fully saturated rings. The number of aromatic nitrogens is 3. The van der Waals surface area contributed by atoms with Crippen LogP contribution in [0.1, 0.15) is 22.8 Å². The van der Waals surface area contributed by atoms with Gasteiger partial charge >= 0.3 is 0 Å². The number of likely N-dealkylation sites (tertiary alicyclic amines) is 1. The fraction of sp³-hybridized carbons (Fsp3) is 0.222. The number of nitriles is 1. The molecule has 2 aromatic heterocycles. The maximum absolute atomic E-state index is 11.3. The van der Waals surface area contributed by atoms with Crippen LogP contribution in [0, 0.1) is 11.5 Å². The van der Waals surface area contributed by atoms with Crippen LogP contribution >= 0.6 is 0 Å². The number of carbonyl (C=O) groups excluding carboxylic acids is 1. The van der Waals surface area contributed by atoms with Gasteiger partial charge in [0.2, 0.25) is 5.91 Å². The molecule has 4 N–H and O–H groups in total. The number of hydrogen-bond donors (Lipinski definition) is 2. The van der Waals surface area contributed by atoms with Crippen molar-refractivity contribution in [2.24, 2.45) is 5.73 Å². The van der Waals surface area contributed by atoms with Gasteiger partial charge in [0, 0.05) is 30.4 Å². The Morgan fingerprint density at radius 1 is 1.27 bits per heavy atom. The van der Waals surface area contributed by atoms with Crippen molar-refractivity contribution in [2.75, 3.05) is 18.8 Å². The molecule has 1 unspecified atom stereocenters. The summed E-state index contributed by atoms with van der Waals surface area (Å²) in [7, 11) is 0. The van der Waals surface area contributed by atoms with Gasteiger partial charge in [-0.3, -0.25) is 4.79 Å². The zero-order valence-electron chi connectivity index (χ0n) is 14.0. The number of nitrogens with two attached hydrogens (primary N) is 2. The molecule has 8 heteroatoms. The molecular weight excluding hydrogens is 330 g/mol. The molecule has 0 saturated carbocycles. The van der Waals surface area contributed by atoms with Gasteiger partial charge < -0.3 is 20.9 Å². The summed E-state index contributed by atoms with van der Waals surface area (Å²) < 4.78 is 2.07. The van der Waals surface area contributed by atoms with E-state index in [2.05, 4.69) is 20.7 Å². The highest BCUT2D eigenvalue weighted by molar-refractivity contribution is 6.01. The molecule has 4 rings (SSSR count). The van der Waals surface area contributed by atoms with E-state index < -0.39 is 5.91 Å². The predicted octanol–water partition coefficient (Wildman–Crippen LogP) is 1.51. The fourth-order valence-corrected chi connectivity index (χ4v) is 3.48. The third-order valence-corrected chi connectivity index (χ3v) is 4.82. The summed E-state index contributed by atoms with van der Waals surface area (Å²) in [5, 5.41) is 9.90. The van der Waals surface area contributed by atoms with Crippen molar-refractivity contribution < 1.29 is 4.79 Å². The van der Waals surface area contributed by atoms with Crippen molar-refractivity contribution in [3.8, 4) is 17.3 Å². The summed E-state index contributed by atoms with van der Waals surface area (Å²) in [5.74, 6) is -0.0674. The number of fused-ring (bicyclic) bond motifs is 1. The molecule has 1 atom stereocenters. The second kappa shape index (κ2) is 6.04. The SMILES string of the molecule is N#CN1CCC(n2cc(-c3ccc(C(N)=O)cc3)c3c(N)ncnc32)C1. The maximum Gasteiger partial charge on any atom is 0.248 e. The van der Waals surface area contributed by atoms with Crippen molar-refractivity contribution in [3.63, 3.8) is 0 Å². The lowest BCUT2D eigenvalue weighted by atomic mass is 10.0. The van der Waals surface area contributed by atoms with Gasteiger partial charge in [-0.15, -0.1) is 0 Å². The van der Waals surface area contributed by atoms with E-state index in [1.807, 2.05) is 18.3 Å². The summed E-state index contributed by atoms with van der Waals surface area (Å²) in [6.45, 7) is 1.37. The van der Waals surface area contributed by atoms with E-state index in [0.29, 0.717) is 17.9 Å². The predicted molar refractivity (Wildman–Crippen MR) is 96.7 cm³/mol. The molecule has 0 spiro atoms. The molecule has 0 bridgehead atoms. The molecule has 3 aromatic rings. The average molecular weight is 347 g/mol. The van der Waals surface area contributed by atoms with Crippen LogP contribution in [0.4, 0.5) is 5.82 Å². The quantitative estimate of drug-likeness (QED) is 0.691. The van der Waals surface area contributed by atoms with E-state index in [4.69, 9.17) is 16.7 Å². The highest BCUT2D eigenvalue weighted by Gasteiger charge is 2.26. The first-order valence-electron chi connectivity index (χ1n) is 8.24. The summed E-state index contributed by atoms with van der Waals surface area (Å²) in [5.41, 5.74) is 14.4. The lowest BCUT2D eigenvalue weighted by Crippen LogP contribution is -2.15. The first kappa shape index (κ1) is 15.9. The van der Waals surface area contributed by atoms with Crippen LogP contribution < -0.4 is 11.5 Å². The van der Waals surface area contributed by atoms with E-state index in [0.717, 1.165) is 35.1 Å². The zero-order valence-corrected chi connectivity index (χ0v) is 14.0. The number of primary amides is 1. The second-order valence-corrected chi connectivity index (χ2v) is 6.34. The van der Waals surface area contributed by atoms with Gasteiger partial charge in [0.15, 0.2) is 6.19 Å². The summed E-state index contributed by atoms with van der Waals surface area (Å²) in [4.78, 5) is 21.6. The Morgan fingerprint density at radius 2 is 2.04 bits per heavy atom. The van der Waals surface area contributed by atoms with E-state index in [1.165, 1.54) is 6.33 Å². The van der Waals surface area contributed by atoms with Crippen LogP contribution in [0.2, 0.25) is 0 Å². The minimum absolute atomic E-state index is 0.144. The number of carbonyl (C=O) groups is 1. The Morgan fingerprint density at radius 3 is 2.69 bits per heavy atom. The van der Waals surface area contributed by atoms with Crippen LogP contribution in [0.25, 0.3) is 22.2 Å². The summed E-state index contributed by atoms with van der Waals surface area (Å²) in [6.07, 6.45) is 6.51. The van der Waals surface area contributed by atoms with Crippen LogP contribution in [0.5, 0.6) is 0 Å². The van der Waals surface area contributed by atoms with Crippen LogP contribution in [0.3, 0.4) is 0 Å². The first-order chi connectivity index (χ1) is 12.6. The highest BCUT2D eigenvalue weighted by atomic mass is 16.1. The number of amides is 1. The van der Waals surface area contributed by atoms with Crippen LogP contribution in [-0.2, 0) is 0 Å². The van der Waals surface area contributed by atoms with E-state index in [-0.39, 0.29) is 6.04 Å². The van der Waals surface area contributed by atoms with Crippen LogP contribution in [-0.4, -0.2) is 38.4 Å². The van der Waals surface area contributed by atoms with Crippen molar-refractivity contribution in [2.45, 2.75) is 12.5 Å². The number of nitrogen functional groups attached to an aromatic ring is 1. The minimum Gasteiger partial charge on any atom is -0.383 e. The second-order valence-electron chi connectivity index (χ2n) is 6.34. The smallest absolute Gasteiger partial charge is 0.248 e. The molecule has 3 heterocycles. The van der Waals surface area contributed by atoms with E-state index >= 15 is 0 Å². The molecule has 1 saturated heterocycles. The summed E-state index contributed by atoms with van der Waals surface area (Å²) >= 11 is 0. The van der Waals surface area contributed by atoms with E-state index in [9.17, 15) is 4.79 Å². The molecule has 1 aliphatic heterocycles. The normalized spacial score (nSPS) is 16.7. The zero-order chi connectivity index (χ0) is 18.3. The average Bonchev–Trinajstić information content (AvgIpc) is 3.27. The van der Waals surface area contributed by atoms with Crippen molar-refractivity contribution >= 4 is 22.8 Å². The number of anilines is 1. The lowest BCUT2D eigenvalue weighted by molar-refractivity contribution is 0.100. The Kier molecular flexibility index (Phi) is 3.69. The molecule has 1 aliphatic rings. The monoisotopic (exact) mass is 347 g/mol.